The van der Waals surface area contributed by atoms with E-state index in [0.717, 1.165) is 16.5 Å². The number of aromatic carboxylic acids is 1. The standard InChI is InChI=1S/C16H17NO2S/c1-11(2)14-8-13(16(18)19)9-15(17-14)20-10-12-6-4-3-5-7-12/h3-9,11H,10H2,1-2H3,(H,18,19). The van der Waals surface area contributed by atoms with Gasteiger partial charge in [0, 0.05) is 11.4 Å². The highest BCUT2D eigenvalue weighted by Crippen LogP contribution is 2.24. The van der Waals surface area contributed by atoms with Crippen LogP contribution >= 0.6 is 11.8 Å². The Morgan fingerprint density at radius 1 is 1.25 bits per heavy atom. The Labute approximate surface area is 123 Å². The van der Waals surface area contributed by atoms with Crippen molar-refractivity contribution in [1.29, 1.82) is 0 Å². The van der Waals surface area contributed by atoms with Gasteiger partial charge in [0.05, 0.1) is 10.6 Å². The molecule has 1 heterocycles. The Bertz CT molecular complexity index is 597. The van der Waals surface area contributed by atoms with Crippen molar-refractivity contribution < 1.29 is 9.90 Å². The summed E-state index contributed by atoms with van der Waals surface area (Å²) in [7, 11) is 0. The largest absolute Gasteiger partial charge is 0.478 e. The second-order valence-electron chi connectivity index (χ2n) is 4.85. The number of benzene rings is 1. The summed E-state index contributed by atoms with van der Waals surface area (Å²) in [5, 5.41) is 9.93. The predicted octanol–water partition coefficient (Wildman–Crippen LogP) is 4.20. The zero-order chi connectivity index (χ0) is 14.5. The van der Waals surface area contributed by atoms with Crippen LogP contribution in [-0.2, 0) is 5.75 Å². The summed E-state index contributed by atoms with van der Waals surface area (Å²) in [5.74, 6) is 0.0929. The fraction of sp³-hybridized carbons (Fsp3) is 0.250. The molecule has 20 heavy (non-hydrogen) atoms. The van der Waals surface area contributed by atoms with Crippen LogP contribution < -0.4 is 0 Å². The molecule has 1 N–H and O–H groups in total. The van der Waals surface area contributed by atoms with E-state index in [4.69, 9.17) is 5.11 Å². The first kappa shape index (κ1) is 14.6. The number of carbonyl (C=O) groups is 1. The summed E-state index contributed by atoms with van der Waals surface area (Å²) in [5.41, 5.74) is 2.32. The van der Waals surface area contributed by atoms with Crippen LogP contribution in [0.25, 0.3) is 0 Å². The minimum absolute atomic E-state index is 0.213. The monoisotopic (exact) mass is 287 g/mol. The van der Waals surface area contributed by atoms with E-state index in [1.165, 1.54) is 5.56 Å². The van der Waals surface area contributed by atoms with E-state index in [9.17, 15) is 4.79 Å². The van der Waals surface area contributed by atoms with Gasteiger partial charge in [-0.05, 0) is 23.6 Å². The highest BCUT2D eigenvalue weighted by atomic mass is 32.2. The van der Waals surface area contributed by atoms with Crippen LogP contribution in [0.5, 0.6) is 0 Å². The van der Waals surface area contributed by atoms with Gasteiger partial charge >= 0.3 is 5.97 Å². The Morgan fingerprint density at radius 3 is 2.55 bits per heavy atom. The SMILES string of the molecule is CC(C)c1cc(C(=O)O)cc(SCc2ccccc2)n1. The van der Waals surface area contributed by atoms with Gasteiger partial charge in [-0.25, -0.2) is 9.78 Å². The molecule has 0 aliphatic rings. The average Bonchev–Trinajstić information content (AvgIpc) is 2.45. The molecule has 0 aliphatic heterocycles. The van der Waals surface area contributed by atoms with Gasteiger partial charge in [-0.15, -0.1) is 11.8 Å². The molecule has 0 saturated heterocycles. The lowest BCUT2D eigenvalue weighted by Crippen LogP contribution is -2.02. The van der Waals surface area contributed by atoms with Crippen LogP contribution in [0.15, 0.2) is 47.5 Å². The number of pyridine rings is 1. The maximum absolute atomic E-state index is 11.2. The first-order valence-electron chi connectivity index (χ1n) is 6.48. The molecule has 1 aromatic carbocycles. The molecule has 0 fully saturated rings. The fourth-order valence-corrected chi connectivity index (χ4v) is 2.64. The van der Waals surface area contributed by atoms with Crippen molar-refractivity contribution in [2.45, 2.75) is 30.5 Å². The quantitative estimate of drug-likeness (QED) is 0.837. The molecule has 0 amide bonds. The Morgan fingerprint density at radius 2 is 1.95 bits per heavy atom. The van der Waals surface area contributed by atoms with E-state index in [-0.39, 0.29) is 5.92 Å². The number of rotatable bonds is 5. The first-order chi connectivity index (χ1) is 9.56. The third-order valence-electron chi connectivity index (χ3n) is 2.89. The fourth-order valence-electron chi connectivity index (χ4n) is 1.75. The summed E-state index contributed by atoms with van der Waals surface area (Å²) in [6, 6.07) is 13.4. The Kier molecular flexibility index (Phi) is 4.79. The third kappa shape index (κ3) is 3.84. The first-order valence-corrected chi connectivity index (χ1v) is 7.47. The predicted molar refractivity (Wildman–Crippen MR) is 81.3 cm³/mol. The molecule has 0 aliphatic carbocycles. The van der Waals surface area contributed by atoms with Gasteiger partial charge in [0.2, 0.25) is 0 Å². The molecule has 3 nitrogen and oxygen atoms in total. The maximum atomic E-state index is 11.2. The number of carboxylic acid groups (broad SMARTS) is 1. The highest BCUT2D eigenvalue weighted by Gasteiger charge is 2.11. The van der Waals surface area contributed by atoms with E-state index in [1.54, 1.807) is 23.9 Å². The lowest BCUT2D eigenvalue weighted by Gasteiger charge is -2.09. The summed E-state index contributed by atoms with van der Waals surface area (Å²) < 4.78 is 0. The molecular weight excluding hydrogens is 270 g/mol. The van der Waals surface area contributed by atoms with Gasteiger partial charge in [-0.2, -0.15) is 0 Å². The van der Waals surface area contributed by atoms with Crippen LogP contribution in [0.2, 0.25) is 0 Å². The Hall–Kier alpha value is -1.81. The molecule has 0 radical (unpaired) electrons. The van der Waals surface area contributed by atoms with E-state index in [0.29, 0.717) is 5.56 Å². The van der Waals surface area contributed by atoms with Crippen molar-refractivity contribution in [3.8, 4) is 0 Å². The van der Waals surface area contributed by atoms with Crippen molar-refractivity contribution in [1.82, 2.24) is 4.98 Å². The number of nitrogens with zero attached hydrogens (tertiary/aromatic N) is 1. The van der Waals surface area contributed by atoms with E-state index >= 15 is 0 Å². The van der Waals surface area contributed by atoms with Crippen LogP contribution in [0.4, 0.5) is 0 Å². The van der Waals surface area contributed by atoms with Crippen LogP contribution in [-0.4, -0.2) is 16.1 Å². The second-order valence-corrected chi connectivity index (χ2v) is 5.85. The van der Waals surface area contributed by atoms with Crippen molar-refractivity contribution in [3.63, 3.8) is 0 Å². The van der Waals surface area contributed by atoms with Gasteiger partial charge in [-0.1, -0.05) is 44.2 Å². The van der Waals surface area contributed by atoms with Crippen molar-refractivity contribution in [2.75, 3.05) is 0 Å². The van der Waals surface area contributed by atoms with E-state index in [2.05, 4.69) is 17.1 Å². The van der Waals surface area contributed by atoms with Gasteiger partial charge < -0.3 is 5.11 Å². The molecule has 0 spiro atoms. The summed E-state index contributed by atoms with van der Waals surface area (Å²) in [4.78, 5) is 15.7. The summed E-state index contributed by atoms with van der Waals surface area (Å²) >= 11 is 1.56. The molecule has 1 aromatic heterocycles. The second kappa shape index (κ2) is 6.57. The molecular formula is C16H17NO2S. The molecule has 0 saturated carbocycles. The van der Waals surface area contributed by atoms with Gasteiger partial charge in [0.15, 0.2) is 0 Å². The minimum Gasteiger partial charge on any atom is -0.478 e. The number of carboxylic acids is 1. The number of hydrogen-bond donors (Lipinski definition) is 1. The van der Waals surface area contributed by atoms with Gasteiger partial charge in [0.1, 0.15) is 0 Å². The van der Waals surface area contributed by atoms with Crippen LogP contribution in [0.1, 0.15) is 41.4 Å². The molecule has 104 valence electrons. The van der Waals surface area contributed by atoms with Gasteiger partial charge in [0.25, 0.3) is 0 Å². The van der Waals surface area contributed by atoms with Crippen LogP contribution in [0.3, 0.4) is 0 Å². The molecule has 0 atom stereocenters. The van der Waals surface area contributed by atoms with E-state index in [1.807, 2.05) is 32.0 Å². The van der Waals surface area contributed by atoms with Crippen LogP contribution in [0, 0.1) is 0 Å². The molecule has 0 unspecified atom stereocenters. The zero-order valence-corrected chi connectivity index (χ0v) is 12.4. The third-order valence-corrected chi connectivity index (χ3v) is 3.87. The molecule has 2 aromatic rings. The smallest absolute Gasteiger partial charge is 0.335 e. The topological polar surface area (TPSA) is 50.2 Å². The highest BCUT2D eigenvalue weighted by molar-refractivity contribution is 7.98. The number of hydrogen-bond acceptors (Lipinski definition) is 3. The van der Waals surface area contributed by atoms with Crippen molar-refractivity contribution in [2.24, 2.45) is 0 Å². The number of thioether (sulfide) groups is 1. The average molecular weight is 287 g/mol. The lowest BCUT2D eigenvalue weighted by atomic mass is 10.1. The molecule has 4 heteroatoms. The summed E-state index contributed by atoms with van der Waals surface area (Å²) in [6.07, 6.45) is 0. The lowest BCUT2D eigenvalue weighted by molar-refractivity contribution is 0.0696. The number of aromatic nitrogens is 1. The summed E-state index contributed by atoms with van der Waals surface area (Å²) in [6.45, 7) is 4.03. The Balaban J connectivity index is 2.20. The maximum Gasteiger partial charge on any atom is 0.335 e. The normalized spacial score (nSPS) is 10.8. The van der Waals surface area contributed by atoms with E-state index < -0.39 is 5.97 Å². The zero-order valence-electron chi connectivity index (χ0n) is 11.5. The molecule has 2 rings (SSSR count). The minimum atomic E-state index is -0.907. The van der Waals surface area contributed by atoms with Gasteiger partial charge in [-0.3, -0.25) is 0 Å². The van der Waals surface area contributed by atoms with Crippen molar-refractivity contribution in [3.05, 3.63) is 59.3 Å². The molecule has 0 bridgehead atoms. The van der Waals surface area contributed by atoms with Crippen molar-refractivity contribution >= 4 is 17.7 Å².